The van der Waals surface area contributed by atoms with Crippen LogP contribution in [0, 0.1) is 6.92 Å². The molecule has 2 rings (SSSR count). The number of hydrogen-bond donors (Lipinski definition) is 1. The van der Waals surface area contributed by atoms with Gasteiger partial charge in [-0.25, -0.2) is 0 Å². The van der Waals surface area contributed by atoms with Gasteiger partial charge < -0.3 is 14.8 Å². The van der Waals surface area contributed by atoms with Gasteiger partial charge in [0.15, 0.2) is 11.5 Å². The van der Waals surface area contributed by atoms with Gasteiger partial charge in [0.05, 0.1) is 18.2 Å². The van der Waals surface area contributed by atoms with Crippen LogP contribution in [0.15, 0.2) is 40.9 Å². The van der Waals surface area contributed by atoms with Gasteiger partial charge in [0.2, 0.25) is 0 Å². The summed E-state index contributed by atoms with van der Waals surface area (Å²) in [5, 5.41) is 2.87. The van der Waals surface area contributed by atoms with E-state index in [2.05, 4.69) is 21.2 Å². The number of amides is 1. The summed E-state index contributed by atoms with van der Waals surface area (Å²) < 4.78 is 11.5. The summed E-state index contributed by atoms with van der Waals surface area (Å²) >= 11 is 3.42. The van der Waals surface area contributed by atoms with Gasteiger partial charge in [-0.2, -0.15) is 0 Å². The minimum atomic E-state index is -0.201. The molecule has 0 aromatic heterocycles. The number of halogens is 1. The molecule has 5 heteroatoms. The molecule has 1 N–H and O–H groups in total. The molecule has 2 aromatic rings. The van der Waals surface area contributed by atoms with Crippen molar-refractivity contribution in [2.24, 2.45) is 0 Å². The highest BCUT2D eigenvalue weighted by molar-refractivity contribution is 9.10. The third-order valence-electron chi connectivity index (χ3n) is 3.06. The van der Waals surface area contributed by atoms with Gasteiger partial charge >= 0.3 is 0 Å². The molecule has 0 aliphatic heterocycles. The van der Waals surface area contributed by atoms with Crippen molar-refractivity contribution in [3.63, 3.8) is 0 Å². The number of anilines is 1. The number of hydrogen-bond acceptors (Lipinski definition) is 3. The van der Waals surface area contributed by atoms with E-state index in [1.165, 1.54) is 0 Å². The normalized spacial score (nSPS) is 10.2. The van der Waals surface area contributed by atoms with Crippen LogP contribution in [0.5, 0.6) is 11.5 Å². The second kappa shape index (κ2) is 7.31. The third-order valence-corrected chi connectivity index (χ3v) is 3.65. The summed E-state index contributed by atoms with van der Waals surface area (Å²) in [6.45, 7) is 4.39. The fourth-order valence-electron chi connectivity index (χ4n) is 2.06. The highest BCUT2D eigenvalue weighted by Crippen LogP contribution is 2.36. The van der Waals surface area contributed by atoms with Crippen LogP contribution in [-0.4, -0.2) is 19.6 Å². The maximum absolute atomic E-state index is 12.4. The van der Waals surface area contributed by atoms with Crippen LogP contribution in [0.2, 0.25) is 0 Å². The third kappa shape index (κ3) is 3.80. The van der Waals surface area contributed by atoms with Gasteiger partial charge in [-0.3, -0.25) is 4.79 Å². The Morgan fingerprint density at radius 2 is 2.05 bits per heavy atom. The predicted octanol–water partition coefficient (Wildman–Crippen LogP) is 4.42. The molecule has 0 fully saturated rings. The van der Waals surface area contributed by atoms with E-state index >= 15 is 0 Å². The first-order valence-corrected chi connectivity index (χ1v) is 7.72. The molecule has 0 bridgehead atoms. The van der Waals surface area contributed by atoms with Crippen molar-refractivity contribution >= 4 is 27.5 Å². The Balaban J connectivity index is 2.28. The average Bonchev–Trinajstić information content (AvgIpc) is 2.49. The van der Waals surface area contributed by atoms with Crippen molar-refractivity contribution in [2.45, 2.75) is 13.8 Å². The summed E-state index contributed by atoms with van der Waals surface area (Å²) in [4.78, 5) is 12.4. The minimum Gasteiger partial charge on any atom is -0.493 e. The van der Waals surface area contributed by atoms with Crippen LogP contribution >= 0.6 is 15.9 Å². The lowest BCUT2D eigenvalue weighted by Crippen LogP contribution is -2.12. The molecule has 0 radical (unpaired) electrons. The summed E-state index contributed by atoms with van der Waals surface area (Å²) in [5.41, 5.74) is 2.34. The lowest BCUT2D eigenvalue weighted by atomic mass is 10.1. The molecule has 0 unspecified atom stereocenters. The van der Waals surface area contributed by atoms with Gasteiger partial charge in [-0.1, -0.05) is 12.1 Å². The summed E-state index contributed by atoms with van der Waals surface area (Å²) in [5.74, 6) is 0.912. The number of ether oxygens (including phenoxy) is 2. The quantitative estimate of drug-likeness (QED) is 0.855. The molecule has 4 nitrogen and oxygen atoms in total. The smallest absolute Gasteiger partial charge is 0.255 e. The topological polar surface area (TPSA) is 47.6 Å². The first-order valence-electron chi connectivity index (χ1n) is 6.93. The van der Waals surface area contributed by atoms with Crippen LogP contribution in [0.25, 0.3) is 0 Å². The molecule has 0 saturated heterocycles. The van der Waals surface area contributed by atoms with E-state index in [0.29, 0.717) is 28.1 Å². The van der Waals surface area contributed by atoms with Crippen molar-refractivity contribution in [1.29, 1.82) is 0 Å². The molecule has 1 amide bonds. The van der Waals surface area contributed by atoms with Crippen molar-refractivity contribution in [3.05, 3.63) is 52.0 Å². The number of rotatable bonds is 5. The van der Waals surface area contributed by atoms with Crippen molar-refractivity contribution in [3.8, 4) is 11.5 Å². The summed E-state index contributed by atoms with van der Waals surface area (Å²) in [6.07, 6.45) is 0. The molecule has 2 aromatic carbocycles. The summed E-state index contributed by atoms with van der Waals surface area (Å²) in [6, 6.07) is 11.0. The Hall–Kier alpha value is -2.01. The molecular weight excluding hydrogens is 346 g/mol. The number of benzene rings is 2. The molecule has 0 saturated carbocycles. The van der Waals surface area contributed by atoms with Crippen LogP contribution in [0.3, 0.4) is 0 Å². The van der Waals surface area contributed by atoms with Gasteiger partial charge in [0, 0.05) is 11.3 Å². The zero-order valence-electron chi connectivity index (χ0n) is 12.8. The first kappa shape index (κ1) is 16.4. The minimum absolute atomic E-state index is 0.201. The largest absolute Gasteiger partial charge is 0.493 e. The first-order chi connectivity index (χ1) is 10.5. The van der Waals surface area contributed by atoms with Crippen LogP contribution in [-0.2, 0) is 0 Å². The molecular formula is C17H18BrNO3. The van der Waals surface area contributed by atoms with E-state index < -0.39 is 0 Å². The second-order valence-electron chi connectivity index (χ2n) is 4.75. The average molecular weight is 364 g/mol. The van der Waals surface area contributed by atoms with Crippen molar-refractivity contribution < 1.29 is 14.3 Å². The standard InChI is InChI=1S/C17H18BrNO3/c1-4-22-16-14(18)9-12(10-15(16)21-3)17(20)19-13-7-5-6-11(2)8-13/h5-10H,4H2,1-3H3,(H,19,20). The number of aryl methyl sites for hydroxylation is 1. The van der Waals surface area contributed by atoms with E-state index in [4.69, 9.17) is 9.47 Å². The number of methoxy groups -OCH3 is 1. The second-order valence-corrected chi connectivity index (χ2v) is 5.60. The summed E-state index contributed by atoms with van der Waals surface area (Å²) in [7, 11) is 1.55. The highest BCUT2D eigenvalue weighted by Gasteiger charge is 2.15. The monoisotopic (exact) mass is 363 g/mol. The van der Waals surface area contributed by atoms with E-state index in [-0.39, 0.29) is 5.91 Å². The van der Waals surface area contributed by atoms with Crippen LogP contribution in [0.4, 0.5) is 5.69 Å². The molecule has 0 aliphatic carbocycles. The fourth-order valence-corrected chi connectivity index (χ4v) is 2.62. The maximum atomic E-state index is 12.4. The number of carbonyl (C=O) groups is 1. The Bertz CT molecular complexity index is 686. The van der Waals surface area contributed by atoms with E-state index in [1.807, 2.05) is 38.1 Å². The Kier molecular flexibility index (Phi) is 5.44. The van der Waals surface area contributed by atoms with E-state index in [0.717, 1.165) is 11.3 Å². The molecule has 0 aliphatic rings. The van der Waals surface area contributed by atoms with E-state index in [1.54, 1.807) is 19.2 Å². The van der Waals surface area contributed by atoms with Crippen molar-refractivity contribution in [2.75, 3.05) is 19.0 Å². The lowest BCUT2D eigenvalue weighted by molar-refractivity contribution is 0.102. The maximum Gasteiger partial charge on any atom is 0.255 e. The Morgan fingerprint density at radius 1 is 1.27 bits per heavy atom. The van der Waals surface area contributed by atoms with Gasteiger partial charge in [-0.05, 0) is 59.6 Å². The highest BCUT2D eigenvalue weighted by atomic mass is 79.9. The zero-order chi connectivity index (χ0) is 16.1. The molecule has 22 heavy (non-hydrogen) atoms. The molecule has 0 spiro atoms. The van der Waals surface area contributed by atoms with Crippen LogP contribution in [0.1, 0.15) is 22.8 Å². The number of carbonyl (C=O) groups excluding carboxylic acids is 1. The Morgan fingerprint density at radius 3 is 2.68 bits per heavy atom. The molecule has 0 heterocycles. The van der Waals surface area contributed by atoms with Gasteiger partial charge in [0.1, 0.15) is 0 Å². The molecule has 116 valence electrons. The lowest BCUT2D eigenvalue weighted by Gasteiger charge is -2.13. The predicted molar refractivity (Wildman–Crippen MR) is 91.0 cm³/mol. The fraction of sp³-hybridized carbons (Fsp3) is 0.235. The van der Waals surface area contributed by atoms with E-state index in [9.17, 15) is 4.79 Å². The molecule has 0 atom stereocenters. The zero-order valence-corrected chi connectivity index (χ0v) is 14.4. The SMILES string of the molecule is CCOc1c(Br)cc(C(=O)Nc2cccc(C)c2)cc1OC. The van der Waals surface area contributed by atoms with Gasteiger partial charge in [0.25, 0.3) is 5.91 Å². The van der Waals surface area contributed by atoms with Crippen LogP contribution < -0.4 is 14.8 Å². The Labute approximate surface area is 138 Å². The number of nitrogens with one attached hydrogen (secondary N) is 1. The van der Waals surface area contributed by atoms with Gasteiger partial charge in [-0.15, -0.1) is 0 Å². The van der Waals surface area contributed by atoms with Crippen molar-refractivity contribution in [1.82, 2.24) is 0 Å².